The molecule has 7 heteroatoms. The van der Waals surface area contributed by atoms with Gasteiger partial charge in [-0.2, -0.15) is 0 Å². The first kappa shape index (κ1) is 13.8. The Bertz CT molecular complexity index is 638. The summed E-state index contributed by atoms with van der Waals surface area (Å²) in [4.78, 5) is 3.90. The zero-order chi connectivity index (χ0) is 13.9. The molecule has 102 valence electrons. The van der Waals surface area contributed by atoms with Crippen molar-refractivity contribution in [3.05, 3.63) is 36.0 Å². The van der Waals surface area contributed by atoms with Crippen LogP contribution in [0.15, 0.2) is 40.2 Å². The molecule has 0 N–H and O–H groups in total. The number of thiophene rings is 1. The Morgan fingerprint density at radius 3 is 2.58 bits per heavy atom. The molecule has 0 aromatic carbocycles. The van der Waals surface area contributed by atoms with E-state index in [1.807, 2.05) is 0 Å². The summed E-state index contributed by atoms with van der Waals surface area (Å²) < 4.78 is 31.9. The average Bonchev–Trinajstić information content (AvgIpc) is 2.89. The van der Waals surface area contributed by atoms with Gasteiger partial charge in [0, 0.05) is 18.9 Å². The van der Waals surface area contributed by atoms with Gasteiger partial charge < -0.3 is 4.74 Å². The number of aromatic nitrogens is 1. The van der Waals surface area contributed by atoms with Crippen LogP contribution in [0.2, 0.25) is 0 Å². The second-order valence-electron chi connectivity index (χ2n) is 3.65. The van der Waals surface area contributed by atoms with Crippen molar-refractivity contribution in [3.63, 3.8) is 0 Å². The van der Waals surface area contributed by atoms with Gasteiger partial charge in [0.15, 0.2) is 4.21 Å². The zero-order valence-electron chi connectivity index (χ0n) is 10.6. The van der Waals surface area contributed by atoms with E-state index in [9.17, 15) is 8.42 Å². The molecule has 0 fully saturated rings. The molecule has 0 aliphatic rings. The van der Waals surface area contributed by atoms with Gasteiger partial charge in [0.2, 0.25) is 0 Å². The van der Waals surface area contributed by atoms with Crippen LogP contribution in [0, 0.1) is 0 Å². The molecule has 0 saturated carbocycles. The molecule has 0 radical (unpaired) electrons. The maximum absolute atomic E-state index is 12.6. The summed E-state index contributed by atoms with van der Waals surface area (Å²) in [5, 5.41) is 1.70. The largest absolute Gasteiger partial charge is 0.494 e. The molecule has 0 atom stereocenters. The Balaban J connectivity index is 2.49. The molecule has 2 aromatic rings. The van der Waals surface area contributed by atoms with Crippen LogP contribution >= 0.6 is 11.3 Å². The van der Waals surface area contributed by atoms with Crippen molar-refractivity contribution in [3.8, 4) is 5.75 Å². The normalized spacial score (nSPS) is 11.3. The first-order valence-corrected chi connectivity index (χ1v) is 7.97. The lowest BCUT2D eigenvalue weighted by Crippen LogP contribution is -2.30. The standard InChI is InChI=1S/C12H14N2O3S2/c1-3-14(10-4-7-13-8-5-10)19(15,16)12-11(17-2)6-9-18-12/h4-9H,3H2,1-2H3. The van der Waals surface area contributed by atoms with Crippen molar-refractivity contribution >= 4 is 27.0 Å². The third kappa shape index (κ3) is 2.57. The second-order valence-corrected chi connectivity index (χ2v) is 6.63. The first-order chi connectivity index (χ1) is 9.11. The zero-order valence-corrected chi connectivity index (χ0v) is 12.2. The third-order valence-electron chi connectivity index (χ3n) is 2.58. The third-order valence-corrected chi connectivity index (χ3v) is 5.90. The van der Waals surface area contributed by atoms with Crippen LogP contribution in [0.1, 0.15) is 6.92 Å². The van der Waals surface area contributed by atoms with Crippen LogP contribution in [-0.4, -0.2) is 27.1 Å². The maximum Gasteiger partial charge on any atom is 0.277 e. The van der Waals surface area contributed by atoms with Crippen molar-refractivity contribution in [1.29, 1.82) is 0 Å². The lowest BCUT2D eigenvalue weighted by molar-refractivity contribution is 0.406. The highest BCUT2D eigenvalue weighted by atomic mass is 32.2. The molecule has 0 aliphatic heterocycles. The second kappa shape index (κ2) is 5.58. The monoisotopic (exact) mass is 298 g/mol. The molecular weight excluding hydrogens is 284 g/mol. The van der Waals surface area contributed by atoms with Gasteiger partial charge in [-0.1, -0.05) is 0 Å². The molecule has 0 saturated heterocycles. The number of sulfonamides is 1. The van der Waals surface area contributed by atoms with Gasteiger partial charge in [-0.15, -0.1) is 11.3 Å². The molecule has 0 aliphatic carbocycles. The highest BCUT2D eigenvalue weighted by Crippen LogP contribution is 2.33. The topological polar surface area (TPSA) is 59.5 Å². The van der Waals surface area contributed by atoms with Crippen molar-refractivity contribution < 1.29 is 13.2 Å². The number of rotatable bonds is 5. The molecule has 2 heterocycles. The lowest BCUT2D eigenvalue weighted by atomic mass is 10.4. The lowest BCUT2D eigenvalue weighted by Gasteiger charge is -2.22. The van der Waals surface area contributed by atoms with Crippen LogP contribution in [0.5, 0.6) is 5.75 Å². The molecule has 0 bridgehead atoms. The number of pyridine rings is 1. The van der Waals surface area contributed by atoms with E-state index in [2.05, 4.69) is 4.98 Å². The van der Waals surface area contributed by atoms with Crippen molar-refractivity contribution in [1.82, 2.24) is 4.98 Å². The van der Waals surface area contributed by atoms with Crippen LogP contribution in [0.4, 0.5) is 5.69 Å². The molecule has 0 unspecified atom stereocenters. The van der Waals surface area contributed by atoms with Crippen LogP contribution in [0.25, 0.3) is 0 Å². The van der Waals surface area contributed by atoms with Gasteiger partial charge in [-0.25, -0.2) is 8.42 Å². The Kier molecular flexibility index (Phi) is 4.06. The minimum absolute atomic E-state index is 0.216. The summed E-state index contributed by atoms with van der Waals surface area (Å²) in [5.41, 5.74) is 0.591. The van der Waals surface area contributed by atoms with E-state index in [0.29, 0.717) is 18.0 Å². The van der Waals surface area contributed by atoms with E-state index >= 15 is 0 Å². The highest BCUT2D eigenvalue weighted by molar-refractivity contribution is 7.94. The Labute approximate surface area is 116 Å². The van der Waals surface area contributed by atoms with Crippen molar-refractivity contribution in [2.75, 3.05) is 18.0 Å². The summed E-state index contributed by atoms with van der Waals surface area (Å²) in [6.45, 7) is 2.13. The fourth-order valence-corrected chi connectivity index (χ4v) is 4.58. The highest BCUT2D eigenvalue weighted by Gasteiger charge is 2.28. The van der Waals surface area contributed by atoms with Gasteiger partial charge in [-0.05, 0) is 30.5 Å². The predicted molar refractivity (Wildman–Crippen MR) is 75.3 cm³/mol. The number of anilines is 1. The van der Waals surface area contributed by atoms with Crippen LogP contribution in [-0.2, 0) is 10.0 Å². The van der Waals surface area contributed by atoms with E-state index in [4.69, 9.17) is 4.74 Å². The Hall–Kier alpha value is -1.60. The predicted octanol–water partition coefficient (Wildman–Crippen LogP) is 2.37. The maximum atomic E-state index is 12.6. The molecule has 5 nitrogen and oxygen atoms in total. The smallest absolute Gasteiger partial charge is 0.277 e. The molecule has 0 spiro atoms. The van der Waals surface area contributed by atoms with Gasteiger partial charge >= 0.3 is 0 Å². The van der Waals surface area contributed by atoms with Crippen molar-refractivity contribution in [2.45, 2.75) is 11.1 Å². The molecule has 2 rings (SSSR count). The molecule has 2 aromatic heterocycles. The quantitative estimate of drug-likeness (QED) is 0.850. The molecule has 19 heavy (non-hydrogen) atoms. The van der Waals surface area contributed by atoms with Crippen LogP contribution in [0.3, 0.4) is 0 Å². The Morgan fingerprint density at radius 1 is 1.32 bits per heavy atom. The minimum Gasteiger partial charge on any atom is -0.494 e. The minimum atomic E-state index is -3.60. The van der Waals surface area contributed by atoms with Crippen LogP contribution < -0.4 is 9.04 Å². The van der Waals surface area contributed by atoms with Gasteiger partial charge in [0.1, 0.15) is 5.75 Å². The molecular formula is C12H14N2O3S2. The molecule has 0 amide bonds. The van der Waals surface area contributed by atoms with Gasteiger partial charge in [0.25, 0.3) is 10.0 Å². The summed E-state index contributed by atoms with van der Waals surface area (Å²) in [6.07, 6.45) is 3.14. The number of hydrogen-bond donors (Lipinski definition) is 0. The average molecular weight is 298 g/mol. The fraction of sp³-hybridized carbons (Fsp3) is 0.250. The van der Waals surface area contributed by atoms with E-state index in [1.165, 1.54) is 11.4 Å². The summed E-state index contributed by atoms with van der Waals surface area (Å²) >= 11 is 1.15. The SMILES string of the molecule is CCN(c1ccncc1)S(=O)(=O)c1sccc1OC. The van der Waals surface area contributed by atoms with Crippen molar-refractivity contribution in [2.24, 2.45) is 0 Å². The van der Waals surface area contributed by atoms with E-state index < -0.39 is 10.0 Å². The summed E-state index contributed by atoms with van der Waals surface area (Å²) in [6, 6.07) is 4.99. The summed E-state index contributed by atoms with van der Waals surface area (Å²) in [7, 11) is -2.14. The number of nitrogens with zero attached hydrogens (tertiary/aromatic N) is 2. The van der Waals surface area contributed by atoms with E-state index in [0.717, 1.165) is 11.3 Å². The first-order valence-electron chi connectivity index (χ1n) is 5.65. The fourth-order valence-electron chi connectivity index (χ4n) is 1.72. The number of hydrogen-bond acceptors (Lipinski definition) is 5. The van der Waals surface area contributed by atoms with Gasteiger partial charge in [-0.3, -0.25) is 9.29 Å². The Morgan fingerprint density at radius 2 is 2.00 bits per heavy atom. The van der Waals surface area contributed by atoms with E-state index in [1.54, 1.807) is 42.9 Å². The van der Waals surface area contributed by atoms with E-state index in [-0.39, 0.29) is 4.21 Å². The number of methoxy groups -OCH3 is 1. The summed E-state index contributed by atoms with van der Waals surface area (Å²) in [5.74, 6) is 0.373. The number of ether oxygens (including phenoxy) is 1. The van der Waals surface area contributed by atoms with Gasteiger partial charge in [0.05, 0.1) is 12.8 Å².